The van der Waals surface area contributed by atoms with E-state index in [-0.39, 0.29) is 6.10 Å². The van der Waals surface area contributed by atoms with Crippen molar-refractivity contribution in [2.45, 2.75) is 32.5 Å². The van der Waals surface area contributed by atoms with Gasteiger partial charge in [-0.15, -0.1) is 0 Å². The van der Waals surface area contributed by atoms with E-state index in [1.807, 2.05) is 25.8 Å². The Morgan fingerprint density at radius 2 is 2.14 bits per heavy atom. The van der Waals surface area contributed by atoms with Crippen molar-refractivity contribution in [2.24, 2.45) is 0 Å². The van der Waals surface area contributed by atoms with Gasteiger partial charge in [-0.25, -0.2) is 0 Å². The van der Waals surface area contributed by atoms with E-state index in [2.05, 4.69) is 6.07 Å². The standard InChI is InChI=1S/C10H20N2O2/c1-9(2)14-8-10(13)7-12(3)6-4-5-11/h9-10,13H,4,6-8H2,1-3H3. The highest BCUT2D eigenvalue weighted by Crippen LogP contribution is 1.95. The van der Waals surface area contributed by atoms with Crippen molar-refractivity contribution >= 4 is 0 Å². The highest BCUT2D eigenvalue weighted by atomic mass is 16.5. The topological polar surface area (TPSA) is 56.5 Å². The highest BCUT2D eigenvalue weighted by Gasteiger charge is 2.08. The van der Waals surface area contributed by atoms with Crippen LogP contribution in [0.1, 0.15) is 20.3 Å². The first-order chi connectivity index (χ1) is 6.56. The van der Waals surface area contributed by atoms with Gasteiger partial charge in [0.2, 0.25) is 0 Å². The molecule has 0 spiro atoms. The molecule has 4 heteroatoms. The van der Waals surface area contributed by atoms with Gasteiger partial charge in [-0.05, 0) is 20.9 Å². The maximum absolute atomic E-state index is 9.52. The van der Waals surface area contributed by atoms with E-state index in [1.54, 1.807) is 0 Å². The monoisotopic (exact) mass is 200 g/mol. The average Bonchev–Trinajstić information content (AvgIpc) is 2.11. The van der Waals surface area contributed by atoms with Crippen molar-refractivity contribution in [3.8, 4) is 6.07 Å². The maximum Gasteiger partial charge on any atom is 0.0900 e. The maximum atomic E-state index is 9.52. The van der Waals surface area contributed by atoms with Crippen molar-refractivity contribution < 1.29 is 9.84 Å². The summed E-state index contributed by atoms with van der Waals surface area (Å²) in [5.41, 5.74) is 0. The minimum Gasteiger partial charge on any atom is -0.389 e. The molecule has 82 valence electrons. The van der Waals surface area contributed by atoms with Gasteiger partial charge in [0.15, 0.2) is 0 Å². The minimum absolute atomic E-state index is 0.147. The van der Waals surface area contributed by atoms with Crippen LogP contribution in [0.5, 0.6) is 0 Å². The molecule has 0 saturated carbocycles. The zero-order valence-corrected chi connectivity index (χ0v) is 9.23. The SMILES string of the molecule is CC(C)OCC(O)CN(C)CCC#N. The van der Waals surface area contributed by atoms with Gasteiger partial charge in [-0.3, -0.25) is 0 Å². The number of nitrogens with zero attached hydrogens (tertiary/aromatic N) is 2. The van der Waals surface area contributed by atoms with Crippen molar-refractivity contribution in [3.63, 3.8) is 0 Å². The Balaban J connectivity index is 3.50. The zero-order chi connectivity index (χ0) is 11.0. The van der Waals surface area contributed by atoms with Gasteiger partial charge in [-0.2, -0.15) is 5.26 Å². The first-order valence-corrected chi connectivity index (χ1v) is 4.91. The van der Waals surface area contributed by atoms with Gasteiger partial charge in [0.05, 0.1) is 24.9 Å². The van der Waals surface area contributed by atoms with E-state index in [0.29, 0.717) is 26.1 Å². The third-order valence-electron chi connectivity index (χ3n) is 1.75. The molecule has 0 heterocycles. The molecule has 1 atom stereocenters. The van der Waals surface area contributed by atoms with Gasteiger partial charge < -0.3 is 14.7 Å². The van der Waals surface area contributed by atoms with Gasteiger partial charge in [0, 0.05) is 19.5 Å². The van der Waals surface area contributed by atoms with E-state index in [1.165, 1.54) is 0 Å². The Bertz CT molecular complexity index is 177. The molecule has 0 saturated heterocycles. The minimum atomic E-state index is -0.471. The first kappa shape index (κ1) is 13.4. The van der Waals surface area contributed by atoms with Crippen molar-refractivity contribution in [3.05, 3.63) is 0 Å². The second-order valence-corrected chi connectivity index (χ2v) is 3.71. The summed E-state index contributed by atoms with van der Waals surface area (Å²) in [4.78, 5) is 1.93. The Morgan fingerprint density at radius 1 is 1.50 bits per heavy atom. The first-order valence-electron chi connectivity index (χ1n) is 4.91. The van der Waals surface area contributed by atoms with Crippen LogP contribution >= 0.6 is 0 Å². The van der Waals surface area contributed by atoms with Crippen molar-refractivity contribution in [2.75, 3.05) is 26.7 Å². The molecular weight excluding hydrogens is 180 g/mol. The molecular formula is C10H20N2O2. The summed E-state index contributed by atoms with van der Waals surface area (Å²) < 4.78 is 5.27. The van der Waals surface area contributed by atoms with E-state index in [4.69, 9.17) is 10.00 Å². The van der Waals surface area contributed by atoms with Crippen LogP contribution in [0.25, 0.3) is 0 Å². The quantitative estimate of drug-likeness (QED) is 0.654. The summed E-state index contributed by atoms with van der Waals surface area (Å²) in [7, 11) is 1.88. The van der Waals surface area contributed by atoms with Crippen LogP contribution in [-0.2, 0) is 4.74 Å². The Morgan fingerprint density at radius 3 is 2.64 bits per heavy atom. The second-order valence-electron chi connectivity index (χ2n) is 3.71. The second kappa shape index (κ2) is 7.74. The number of ether oxygens (including phenoxy) is 1. The predicted molar refractivity (Wildman–Crippen MR) is 54.8 cm³/mol. The van der Waals surface area contributed by atoms with E-state index >= 15 is 0 Å². The van der Waals surface area contributed by atoms with Gasteiger partial charge in [0.25, 0.3) is 0 Å². The van der Waals surface area contributed by atoms with Crippen LogP contribution in [0.3, 0.4) is 0 Å². The number of aliphatic hydroxyl groups is 1. The number of hydrogen-bond donors (Lipinski definition) is 1. The summed E-state index contributed by atoms with van der Waals surface area (Å²) in [5.74, 6) is 0. The van der Waals surface area contributed by atoms with Gasteiger partial charge >= 0.3 is 0 Å². The fourth-order valence-electron chi connectivity index (χ4n) is 1.05. The van der Waals surface area contributed by atoms with Crippen LogP contribution in [0.4, 0.5) is 0 Å². The van der Waals surface area contributed by atoms with Crippen LogP contribution in [0.15, 0.2) is 0 Å². The molecule has 0 aromatic rings. The molecule has 0 bridgehead atoms. The summed E-state index contributed by atoms with van der Waals surface area (Å²) >= 11 is 0. The Hall–Kier alpha value is -0.630. The number of aliphatic hydroxyl groups excluding tert-OH is 1. The van der Waals surface area contributed by atoms with Crippen molar-refractivity contribution in [1.29, 1.82) is 5.26 Å². The lowest BCUT2D eigenvalue weighted by Crippen LogP contribution is -2.33. The lowest BCUT2D eigenvalue weighted by molar-refractivity contribution is -0.00532. The van der Waals surface area contributed by atoms with Crippen molar-refractivity contribution in [1.82, 2.24) is 4.90 Å². The Kier molecular flexibility index (Phi) is 7.40. The fourth-order valence-corrected chi connectivity index (χ4v) is 1.05. The molecule has 0 rings (SSSR count). The summed E-state index contributed by atoms with van der Waals surface area (Å²) in [5, 5.41) is 17.9. The summed E-state index contributed by atoms with van der Waals surface area (Å²) in [6.45, 7) is 5.47. The fraction of sp³-hybridized carbons (Fsp3) is 0.900. The van der Waals surface area contributed by atoms with E-state index < -0.39 is 6.10 Å². The third kappa shape index (κ3) is 7.99. The number of nitriles is 1. The molecule has 0 aliphatic rings. The highest BCUT2D eigenvalue weighted by molar-refractivity contribution is 4.72. The Labute approximate surface area is 86.1 Å². The number of rotatable bonds is 7. The van der Waals surface area contributed by atoms with Gasteiger partial charge in [-0.1, -0.05) is 0 Å². The lowest BCUT2D eigenvalue weighted by Gasteiger charge is -2.20. The molecule has 1 N–H and O–H groups in total. The van der Waals surface area contributed by atoms with Crippen LogP contribution < -0.4 is 0 Å². The lowest BCUT2D eigenvalue weighted by atomic mass is 10.3. The molecule has 0 aliphatic heterocycles. The van der Waals surface area contributed by atoms with Crippen LogP contribution in [0.2, 0.25) is 0 Å². The molecule has 0 amide bonds. The smallest absolute Gasteiger partial charge is 0.0900 e. The molecule has 14 heavy (non-hydrogen) atoms. The number of likely N-dealkylation sites (N-methyl/N-ethyl adjacent to an activating group) is 1. The van der Waals surface area contributed by atoms with Gasteiger partial charge in [0.1, 0.15) is 0 Å². The molecule has 0 aliphatic carbocycles. The molecule has 0 aromatic carbocycles. The van der Waals surface area contributed by atoms with E-state index in [0.717, 1.165) is 0 Å². The molecule has 1 unspecified atom stereocenters. The largest absolute Gasteiger partial charge is 0.389 e. The van der Waals surface area contributed by atoms with Crippen LogP contribution in [0, 0.1) is 11.3 Å². The molecule has 0 fully saturated rings. The number of hydrogen-bond acceptors (Lipinski definition) is 4. The average molecular weight is 200 g/mol. The summed E-state index contributed by atoms with van der Waals surface area (Å²) in [6.07, 6.45) is 0.170. The normalized spacial score (nSPS) is 13.2. The molecule has 0 radical (unpaired) electrons. The van der Waals surface area contributed by atoms with Crippen LogP contribution in [-0.4, -0.2) is 49.0 Å². The summed E-state index contributed by atoms with van der Waals surface area (Å²) in [6, 6.07) is 2.07. The third-order valence-corrected chi connectivity index (χ3v) is 1.75. The molecule has 4 nitrogen and oxygen atoms in total. The van der Waals surface area contributed by atoms with E-state index in [9.17, 15) is 5.11 Å². The predicted octanol–water partition coefficient (Wildman–Crippen LogP) is 0.618. The molecule has 0 aromatic heterocycles. The zero-order valence-electron chi connectivity index (χ0n) is 9.23.